The number of likely N-dealkylation sites (N-methyl/N-ethyl adjacent to an activating group) is 1. The number of pyridine rings is 2. The van der Waals surface area contributed by atoms with Crippen molar-refractivity contribution >= 4 is 23.5 Å². The van der Waals surface area contributed by atoms with E-state index in [2.05, 4.69) is 64.2 Å². The van der Waals surface area contributed by atoms with Crippen molar-refractivity contribution in [2.75, 3.05) is 38.1 Å². The maximum absolute atomic E-state index is 12.9. The number of nitrogens with zero attached hydrogens (tertiary/aromatic N) is 4. The van der Waals surface area contributed by atoms with Crippen LogP contribution in [0.2, 0.25) is 0 Å². The van der Waals surface area contributed by atoms with E-state index in [-0.39, 0.29) is 5.91 Å². The van der Waals surface area contributed by atoms with Crippen LogP contribution in [-0.4, -0.2) is 54.0 Å². The average Bonchev–Trinajstić information content (AvgIpc) is 2.80. The molecule has 1 saturated heterocycles. The number of anilines is 1. The van der Waals surface area contributed by atoms with Gasteiger partial charge in [-0.05, 0) is 56.3 Å². The highest BCUT2D eigenvalue weighted by Gasteiger charge is 2.16. The van der Waals surface area contributed by atoms with Crippen LogP contribution in [0.5, 0.6) is 0 Å². The van der Waals surface area contributed by atoms with E-state index in [0.717, 1.165) is 42.5 Å². The molecule has 7 heteroatoms. The van der Waals surface area contributed by atoms with Crippen molar-refractivity contribution in [3.63, 3.8) is 0 Å². The van der Waals surface area contributed by atoms with Crippen LogP contribution >= 0.6 is 11.8 Å². The number of nitrogens with one attached hydrogen (secondary N) is 1. The van der Waals surface area contributed by atoms with Gasteiger partial charge in [0.15, 0.2) is 0 Å². The third-order valence-electron chi connectivity index (χ3n) is 5.64. The summed E-state index contributed by atoms with van der Waals surface area (Å²) in [7, 11) is 2.14. The van der Waals surface area contributed by atoms with Gasteiger partial charge in [0.2, 0.25) is 0 Å². The minimum absolute atomic E-state index is 0.131. The molecule has 1 aliphatic heterocycles. The molecule has 1 N–H and O–H groups in total. The number of hydrogen-bond donors (Lipinski definition) is 1. The highest BCUT2D eigenvalue weighted by molar-refractivity contribution is 7.99. The molecule has 0 bridgehead atoms. The molecular formula is C25H29N5OS. The zero-order valence-corrected chi connectivity index (χ0v) is 19.7. The standard InChI is InChI=1S/C25H29N5OS/c1-18-6-8-22(19(2)15-18)32-25-21(5-4-10-26-25)24(31)28-17-20-7-9-23(27-16-20)30-13-11-29(3)12-14-30/h4-10,15-16H,11-14,17H2,1-3H3,(H,28,31). The van der Waals surface area contributed by atoms with E-state index in [4.69, 9.17) is 0 Å². The summed E-state index contributed by atoms with van der Waals surface area (Å²) in [5.41, 5.74) is 3.96. The molecule has 3 aromatic rings. The van der Waals surface area contributed by atoms with Gasteiger partial charge < -0.3 is 15.1 Å². The van der Waals surface area contributed by atoms with Gasteiger partial charge in [-0.15, -0.1) is 0 Å². The molecule has 0 spiro atoms. The number of rotatable bonds is 6. The van der Waals surface area contributed by atoms with Gasteiger partial charge >= 0.3 is 0 Å². The van der Waals surface area contributed by atoms with Crippen LogP contribution in [0, 0.1) is 13.8 Å². The molecule has 0 saturated carbocycles. The Kier molecular flexibility index (Phi) is 7.07. The maximum Gasteiger partial charge on any atom is 0.254 e. The van der Waals surface area contributed by atoms with Gasteiger partial charge in [0.1, 0.15) is 10.8 Å². The normalized spacial score (nSPS) is 14.4. The number of aryl methyl sites for hydroxylation is 2. The summed E-state index contributed by atoms with van der Waals surface area (Å²) < 4.78 is 0. The Labute approximate surface area is 194 Å². The zero-order valence-electron chi connectivity index (χ0n) is 18.8. The molecule has 0 aliphatic carbocycles. The average molecular weight is 448 g/mol. The third-order valence-corrected chi connectivity index (χ3v) is 6.84. The van der Waals surface area contributed by atoms with Gasteiger partial charge in [0.25, 0.3) is 5.91 Å². The number of hydrogen-bond acceptors (Lipinski definition) is 6. The Balaban J connectivity index is 1.39. The van der Waals surface area contributed by atoms with E-state index in [1.54, 1.807) is 12.3 Å². The Morgan fingerprint density at radius 1 is 1.06 bits per heavy atom. The molecule has 4 rings (SSSR count). The van der Waals surface area contributed by atoms with E-state index in [1.807, 2.05) is 24.4 Å². The quantitative estimate of drug-likeness (QED) is 0.618. The van der Waals surface area contributed by atoms with Crippen molar-refractivity contribution < 1.29 is 4.79 Å². The first-order chi connectivity index (χ1) is 15.5. The second-order valence-corrected chi connectivity index (χ2v) is 9.26. The fraction of sp³-hybridized carbons (Fsp3) is 0.320. The molecule has 166 valence electrons. The lowest BCUT2D eigenvalue weighted by molar-refractivity contribution is 0.0947. The topological polar surface area (TPSA) is 61.4 Å². The van der Waals surface area contributed by atoms with E-state index in [0.29, 0.717) is 17.1 Å². The first kappa shape index (κ1) is 22.3. The molecular weight excluding hydrogens is 418 g/mol. The summed E-state index contributed by atoms with van der Waals surface area (Å²) in [5, 5.41) is 3.73. The number of carbonyl (C=O) groups is 1. The Morgan fingerprint density at radius 3 is 2.59 bits per heavy atom. The lowest BCUT2D eigenvalue weighted by Gasteiger charge is -2.33. The summed E-state index contributed by atoms with van der Waals surface area (Å²) >= 11 is 1.52. The number of aromatic nitrogens is 2. The molecule has 1 amide bonds. The Bertz CT molecular complexity index is 1080. The van der Waals surface area contributed by atoms with Crippen LogP contribution in [0.1, 0.15) is 27.0 Å². The van der Waals surface area contributed by atoms with Crippen molar-refractivity contribution in [1.29, 1.82) is 0 Å². The summed E-state index contributed by atoms with van der Waals surface area (Å²) in [4.78, 5) is 27.7. The Morgan fingerprint density at radius 2 is 1.88 bits per heavy atom. The van der Waals surface area contributed by atoms with Crippen LogP contribution in [0.3, 0.4) is 0 Å². The third kappa shape index (κ3) is 5.47. The highest BCUT2D eigenvalue weighted by atomic mass is 32.2. The van der Waals surface area contributed by atoms with Crippen molar-refractivity contribution in [2.45, 2.75) is 30.3 Å². The van der Waals surface area contributed by atoms with Gasteiger partial charge in [0, 0.05) is 50.0 Å². The number of amides is 1. The molecule has 2 aromatic heterocycles. The highest BCUT2D eigenvalue weighted by Crippen LogP contribution is 2.31. The molecule has 1 aliphatic rings. The summed E-state index contributed by atoms with van der Waals surface area (Å²) in [5.74, 6) is 0.862. The molecule has 0 unspecified atom stereocenters. The second-order valence-electron chi connectivity index (χ2n) is 8.22. The van der Waals surface area contributed by atoms with Crippen molar-refractivity contribution in [1.82, 2.24) is 20.2 Å². The van der Waals surface area contributed by atoms with Gasteiger partial charge in [-0.25, -0.2) is 9.97 Å². The van der Waals surface area contributed by atoms with E-state index < -0.39 is 0 Å². The molecule has 3 heterocycles. The fourth-order valence-electron chi connectivity index (χ4n) is 3.68. The van der Waals surface area contributed by atoms with Crippen LogP contribution < -0.4 is 10.2 Å². The van der Waals surface area contributed by atoms with E-state index >= 15 is 0 Å². The first-order valence-electron chi connectivity index (χ1n) is 10.9. The zero-order chi connectivity index (χ0) is 22.5. The summed E-state index contributed by atoms with van der Waals surface area (Å²) in [6, 6.07) is 14.0. The van der Waals surface area contributed by atoms with Crippen LogP contribution in [0.4, 0.5) is 5.82 Å². The lowest BCUT2D eigenvalue weighted by atomic mass is 10.2. The lowest BCUT2D eigenvalue weighted by Crippen LogP contribution is -2.44. The molecule has 32 heavy (non-hydrogen) atoms. The predicted octanol–water partition coefficient (Wildman–Crippen LogP) is 3.93. The molecule has 0 radical (unpaired) electrons. The summed E-state index contributed by atoms with van der Waals surface area (Å²) in [6.07, 6.45) is 3.58. The fourth-order valence-corrected chi connectivity index (χ4v) is 4.63. The largest absolute Gasteiger partial charge is 0.354 e. The van der Waals surface area contributed by atoms with Crippen molar-refractivity contribution in [3.05, 3.63) is 77.1 Å². The minimum Gasteiger partial charge on any atom is -0.354 e. The maximum atomic E-state index is 12.9. The molecule has 1 aromatic carbocycles. The summed E-state index contributed by atoms with van der Waals surface area (Å²) in [6.45, 7) is 8.66. The van der Waals surface area contributed by atoms with Gasteiger partial charge in [-0.2, -0.15) is 0 Å². The van der Waals surface area contributed by atoms with Crippen molar-refractivity contribution in [2.24, 2.45) is 0 Å². The SMILES string of the molecule is Cc1ccc(Sc2ncccc2C(=O)NCc2ccc(N3CCN(C)CC3)nc2)c(C)c1. The van der Waals surface area contributed by atoms with Crippen molar-refractivity contribution in [3.8, 4) is 0 Å². The van der Waals surface area contributed by atoms with Gasteiger partial charge in [-0.1, -0.05) is 35.5 Å². The van der Waals surface area contributed by atoms with E-state index in [1.165, 1.54) is 22.9 Å². The number of piperazine rings is 1. The number of carbonyl (C=O) groups excluding carboxylic acids is 1. The molecule has 6 nitrogen and oxygen atoms in total. The van der Waals surface area contributed by atoms with Gasteiger partial charge in [-0.3, -0.25) is 4.79 Å². The van der Waals surface area contributed by atoms with Crippen LogP contribution in [-0.2, 0) is 6.54 Å². The Hall–Kier alpha value is -2.90. The van der Waals surface area contributed by atoms with Crippen LogP contribution in [0.25, 0.3) is 0 Å². The number of benzene rings is 1. The monoisotopic (exact) mass is 447 g/mol. The van der Waals surface area contributed by atoms with Gasteiger partial charge in [0.05, 0.1) is 5.56 Å². The first-order valence-corrected chi connectivity index (χ1v) is 11.7. The molecule has 1 fully saturated rings. The predicted molar refractivity (Wildman–Crippen MR) is 129 cm³/mol. The smallest absolute Gasteiger partial charge is 0.254 e. The van der Waals surface area contributed by atoms with E-state index in [9.17, 15) is 4.79 Å². The second kappa shape index (κ2) is 10.1. The molecule has 0 atom stereocenters. The van der Waals surface area contributed by atoms with Crippen LogP contribution in [0.15, 0.2) is 64.8 Å². The minimum atomic E-state index is -0.131.